The number of carbonyl (C=O) groups excluding carboxylic acids is 2. The molecule has 0 spiro atoms. The number of cyclic esters (lactones) is 1. The summed E-state index contributed by atoms with van der Waals surface area (Å²) >= 11 is 0. The van der Waals surface area contributed by atoms with Crippen molar-refractivity contribution in [3.05, 3.63) is 29.6 Å². The molecule has 2 aliphatic rings. The quantitative estimate of drug-likeness (QED) is 0.715. The molecule has 2 fully saturated rings. The Morgan fingerprint density at radius 1 is 1.40 bits per heavy atom. The van der Waals surface area contributed by atoms with E-state index < -0.39 is 29.3 Å². The highest BCUT2D eigenvalue weighted by atomic mass is 35.5. The zero-order valence-corrected chi connectivity index (χ0v) is 14.7. The third kappa shape index (κ3) is 3.50. The lowest BCUT2D eigenvalue weighted by molar-refractivity contribution is -0.126. The summed E-state index contributed by atoms with van der Waals surface area (Å²) < 4.78 is 19.8. The monoisotopic (exact) mass is 372 g/mol. The van der Waals surface area contributed by atoms with E-state index in [4.69, 9.17) is 10.5 Å². The summed E-state index contributed by atoms with van der Waals surface area (Å²) in [5.41, 5.74) is 5.15. The smallest absolute Gasteiger partial charge is 0.407 e. The Morgan fingerprint density at radius 2 is 2.08 bits per heavy atom. The largest absolute Gasteiger partial charge is 0.443 e. The summed E-state index contributed by atoms with van der Waals surface area (Å²) in [6.45, 7) is 4.74. The first-order chi connectivity index (χ1) is 11.4. The Hall–Kier alpha value is -2.06. The standard InChI is InChI=1S/C16H21FN4O3.ClH/c1-16(14(18)22,13-9-20-15(23)24-13)10-2-3-12(11(17)8-10)21-6-4-19-5-7-21;/h2-3,8,13,19H,4-7,9H2,1H3,(H2,18,22)(H,20,23);1H. The lowest BCUT2D eigenvalue weighted by Crippen LogP contribution is -2.49. The maximum absolute atomic E-state index is 14.7. The van der Waals surface area contributed by atoms with Crippen LogP contribution in [-0.2, 0) is 14.9 Å². The number of nitrogens with two attached hydrogens (primary N) is 1. The Labute approximate surface area is 151 Å². The second-order valence-corrected chi connectivity index (χ2v) is 6.24. The van der Waals surface area contributed by atoms with Gasteiger partial charge in [0.15, 0.2) is 0 Å². The zero-order valence-electron chi connectivity index (χ0n) is 13.9. The van der Waals surface area contributed by atoms with Crippen LogP contribution >= 0.6 is 12.4 Å². The van der Waals surface area contributed by atoms with E-state index in [1.165, 1.54) is 6.07 Å². The number of piperazine rings is 1. The molecule has 9 heteroatoms. The van der Waals surface area contributed by atoms with Gasteiger partial charge in [-0.1, -0.05) is 6.07 Å². The summed E-state index contributed by atoms with van der Waals surface area (Å²) in [6.07, 6.45) is -1.38. The van der Waals surface area contributed by atoms with E-state index >= 15 is 0 Å². The van der Waals surface area contributed by atoms with E-state index in [9.17, 15) is 14.0 Å². The third-order valence-electron chi connectivity index (χ3n) is 4.84. The minimum absolute atomic E-state index is 0. The van der Waals surface area contributed by atoms with Crippen molar-refractivity contribution in [2.75, 3.05) is 37.6 Å². The van der Waals surface area contributed by atoms with Gasteiger partial charge in [-0.2, -0.15) is 0 Å². The van der Waals surface area contributed by atoms with Crippen LogP contribution in [0.5, 0.6) is 0 Å². The maximum Gasteiger partial charge on any atom is 0.407 e. The van der Waals surface area contributed by atoms with Crippen LogP contribution in [-0.4, -0.2) is 50.8 Å². The van der Waals surface area contributed by atoms with E-state index in [2.05, 4.69) is 10.6 Å². The summed E-state index contributed by atoms with van der Waals surface area (Å²) in [4.78, 5) is 25.3. The molecule has 0 aliphatic carbocycles. The van der Waals surface area contributed by atoms with Crippen molar-refractivity contribution in [3.8, 4) is 0 Å². The van der Waals surface area contributed by atoms with E-state index in [1.807, 2.05) is 4.90 Å². The number of hydrogen-bond donors (Lipinski definition) is 3. The number of nitrogens with zero attached hydrogens (tertiary/aromatic N) is 1. The number of alkyl carbamates (subject to hydrolysis) is 1. The molecule has 0 aromatic heterocycles. The van der Waals surface area contributed by atoms with Gasteiger partial charge in [0.2, 0.25) is 5.91 Å². The summed E-state index contributed by atoms with van der Waals surface area (Å²) in [5, 5.41) is 5.71. The number of anilines is 1. The molecule has 2 heterocycles. The Bertz CT molecular complexity index is 669. The molecule has 0 saturated carbocycles. The van der Waals surface area contributed by atoms with Gasteiger partial charge in [0.05, 0.1) is 12.2 Å². The van der Waals surface area contributed by atoms with Crippen LogP contribution in [0.15, 0.2) is 18.2 Å². The van der Waals surface area contributed by atoms with E-state index in [0.29, 0.717) is 24.3 Å². The average Bonchev–Trinajstić information content (AvgIpc) is 3.01. The normalized spacial score (nSPS) is 22.4. The van der Waals surface area contributed by atoms with Crippen LogP contribution in [0, 0.1) is 5.82 Å². The first-order valence-corrected chi connectivity index (χ1v) is 7.93. The number of carbonyl (C=O) groups is 2. The molecule has 0 bridgehead atoms. The molecule has 2 saturated heterocycles. The number of hydrogen-bond acceptors (Lipinski definition) is 5. The maximum atomic E-state index is 14.7. The molecule has 1 aromatic rings. The first kappa shape index (κ1) is 19.3. The second-order valence-electron chi connectivity index (χ2n) is 6.24. The number of ether oxygens (including phenoxy) is 1. The van der Waals surface area contributed by atoms with Gasteiger partial charge in [-0.05, 0) is 24.6 Å². The molecule has 1 aromatic carbocycles. The van der Waals surface area contributed by atoms with Crippen molar-refractivity contribution in [2.24, 2.45) is 5.73 Å². The van der Waals surface area contributed by atoms with Crippen LogP contribution < -0.4 is 21.3 Å². The predicted molar refractivity (Wildman–Crippen MR) is 93.5 cm³/mol. The number of amides is 2. The highest BCUT2D eigenvalue weighted by Gasteiger charge is 2.47. The summed E-state index contributed by atoms with van der Waals surface area (Å²) in [7, 11) is 0. The van der Waals surface area contributed by atoms with Crippen LogP contribution in [0.1, 0.15) is 12.5 Å². The van der Waals surface area contributed by atoms with Gasteiger partial charge in [0.25, 0.3) is 0 Å². The van der Waals surface area contributed by atoms with Gasteiger partial charge in [0.1, 0.15) is 17.3 Å². The van der Waals surface area contributed by atoms with Crippen LogP contribution in [0.2, 0.25) is 0 Å². The fourth-order valence-corrected chi connectivity index (χ4v) is 3.19. The molecule has 2 amide bonds. The first-order valence-electron chi connectivity index (χ1n) is 7.93. The van der Waals surface area contributed by atoms with Gasteiger partial charge in [0, 0.05) is 26.2 Å². The van der Waals surface area contributed by atoms with Gasteiger partial charge in [-0.15, -0.1) is 12.4 Å². The van der Waals surface area contributed by atoms with Crippen molar-refractivity contribution < 1.29 is 18.7 Å². The molecule has 2 unspecified atom stereocenters. The van der Waals surface area contributed by atoms with E-state index in [0.717, 1.165) is 13.1 Å². The van der Waals surface area contributed by atoms with E-state index in [-0.39, 0.29) is 19.0 Å². The predicted octanol–water partition coefficient (Wildman–Crippen LogP) is 0.509. The molecule has 3 rings (SSSR count). The van der Waals surface area contributed by atoms with Crippen LogP contribution in [0.3, 0.4) is 0 Å². The SMILES string of the molecule is CC(C(N)=O)(c1ccc(N2CCNCC2)c(F)c1)C1CNC(=O)O1.Cl. The van der Waals surface area contributed by atoms with Crippen molar-refractivity contribution in [1.29, 1.82) is 0 Å². The van der Waals surface area contributed by atoms with Crippen LogP contribution in [0.25, 0.3) is 0 Å². The molecule has 7 nitrogen and oxygen atoms in total. The Balaban J connectivity index is 0.00000225. The lowest BCUT2D eigenvalue weighted by atomic mass is 9.76. The molecule has 2 aliphatic heterocycles. The summed E-state index contributed by atoms with van der Waals surface area (Å²) in [5.74, 6) is -1.09. The number of primary amides is 1. The molecule has 4 N–H and O–H groups in total. The van der Waals surface area contributed by atoms with Gasteiger partial charge >= 0.3 is 6.09 Å². The van der Waals surface area contributed by atoms with E-state index in [1.54, 1.807) is 19.1 Å². The number of nitrogens with one attached hydrogen (secondary N) is 2. The molecule has 0 radical (unpaired) electrons. The van der Waals surface area contributed by atoms with Crippen molar-refractivity contribution in [1.82, 2.24) is 10.6 Å². The fraction of sp³-hybridized carbons (Fsp3) is 0.500. The summed E-state index contributed by atoms with van der Waals surface area (Å²) in [6, 6.07) is 4.65. The number of benzene rings is 1. The zero-order chi connectivity index (χ0) is 17.3. The van der Waals surface area contributed by atoms with Gasteiger partial charge in [-0.25, -0.2) is 9.18 Å². The van der Waals surface area contributed by atoms with Crippen molar-refractivity contribution in [3.63, 3.8) is 0 Å². The third-order valence-corrected chi connectivity index (χ3v) is 4.84. The lowest BCUT2D eigenvalue weighted by Gasteiger charge is -2.33. The molecule has 2 atom stereocenters. The van der Waals surface area contributed by atoms with Gasteiger partial charge in [-0.3, -0.25) is 4.79 Å². The number of rotatable bonds is 4. The van der Waals surface area contributed by atoms with Gasteiger partial charge < -0.3 is 26.0 Å². The fourth-order valence-electron chi connectivity index (χ4n) is 3.19. The Kier molecular flexibility index (Phi) is 5.74. The molecule has 138 valence electrons. The average molecular weight is 373 g/mol. The highest BCUT2D eigenvalue weighted by molar-refractivity contribution is 5.88. The molecule has 25 heavy (non-hydrogen) atoms. The molecular weight excluding hydrogens is 351 g/mol. The minimum atomic E-state index is -1.30. The second kappa shape index (κ2) is 7.45. The number of halogens is 2. The Morgan fingerprint density at radius 3 is 2.60 bits per heavy atom. The van der Waals surface area contributed by atoms with Crippen LogP contribution in [0.4, 0.5) is 14.9 Å². The molecular formula is C16H22ClFN4O3. The topological polar surface area (TPSA) is 96.7 Å². The highest BCUT2D eigenvalue weighted by Crippen LogP contribution is 2.34. The minimum Gasteiger partial charge on any atom is -0.443 e. The van der Waals surface area contributed by atoms with Crippen molar-refractivity contribution in [2.45, 2.75) is 18.4 Å². The van der Waals surface area contributed by atoms with Crippen molar-refractivity contribution >= 4 is 30.1 Å².